The summed E-state index contributed by atoms with van der Waals surface area (Å²) in [6.07, 6.45) is 0. The summed E-state index contributed by atoms with van der Waals surface area (Å²) >= 11 is 0.807. The van der Waals surface area contributed by atoms with Crippen molar-refractivity contribution in [3.63, 3.8) is 0 Å². The van der Waals surface area contributed by atoms with Gasteiger partial charge in [0.2, 0.25) is 0 Å². The van der Waals surface area contributed by atoms with Crippen LogP contribution in [0.15, 0.2) is 30.3 Å². The second-order valence-corrected chi connectivity index (χ2v) is 7.17. The second kappa shape index (κ2) is 11.0. The van der Waals surface area contributed by atoms with Gasteiger partial charge < -0.3 is 15.3 Å². The molecule has 0 radical (unpaired) electrons. The number of carbonyl (C=O) groups excluding carboxylic acids is 3. The van der Waals surface area contributed by atoms with Gasteiger partial charge in [0, 0.05) is 11.3 Å². The highest BCUT2D eigenvalue weighted by atomic mass is 32.2. The van der Waals surface area contributed by atoms with Crippen molar-refractivity contribution in [3.05, 3.63) is 41.1 Å². The van der Waals surface area contributed by atoms with Gasteiger partial charge >= 0.3 is 5.97 Å². The molecule has 9 nitrogen and oxygen atoms in total. The maximum absolute atomic E-state index is 12.3. The molecule has 0 aliphatic heterocycles. The molecule has 0 aliphatic rings. The highest BCUT2D eigenvalue weighted by molar-refractivity contribution is 8.13. The molecule has 0 heterocycles. The monoisotopic (exact) mass is 400 g/mol. The molecule has 1 rings (SSSR count). The van der Waals surface area contributed by atoms with Crippen LogP contribution in [0.1, 0.15) is 31.1 Å². The summed E-state index contributed by atoms with van der Waals surface area (Å²) in [7, 11) is 0. The number of nitrogens with one attached hydrogen (secondary N) is 2. The molecule has 3 N–H and O–H groups in total. The summed E-state index contributed by atoms with van der Waals surface area (Å²) in [5.41, 5.74) is -0.704. The maximum atomic E-state index is 12.3. The number of benzene rings is 1. The minimum atomic E-state index is -1.47. The van der Waals surface area contributed by atoms with E-state index < -0.39 is 28.7 Å². The number of esters is 1. The number of quaternary nitrogens is 1. The third-order valence-corrected chi connectivity index (χ3v) is 4.72. The Kier molecular flexibility index (Phi) is 9.39. The Balaban J connectivity index is 2.73. The van der Waals surface area contributed by atoms with Crippen molar-refractivity contribution in [2.75, 3.05) is 19.0 Å². The first-order valence-electron chi connectivity index (χ1n) is 8.23. The summed E-state index contributed by atoms with van der Waals surface area (Å²) in [6.45, 7) is 4.53. The Labute approximate surface area is 161 Å². The van der Waals surface area contributed by atoms with Crippen molar-refractivity contribution in [3.8, 4) is 0 Å². The molecule has 0 saturated heterocycles. The molecule has 1 aromatic carbocycles. The summed E-state index contributed by atoms with van der Waals surface area (Å²) in [5.74, 6) is -1.16. The van der Waals surface area contributed by atoms with E-state index in [0.717, 1.165) is 11.8 Å². The number of rotatable bonds is 10. The van der Waals surface area contributed by atoms with Gasteiger partial charge in [0.05, 0.1) is 12.0 Å². The predicted molar refractivity (Wildman–Crippen MR) is 97.6 cm³/mol. The molecule has 0 saturated carbocycles. The zero-order valence-corrected chi connectivity index (χ0v) is 16.2. The lowest BCUT2D eigenvalue weighted by Gasteiger charge is -2.24. The summed E-state index contributed by atoms with van der Waals surface area (Å²) < 4.78 is 4.96. The molecular weight excluding hydrogens is 376 g/mol. The summed E-state index contributed by atoms with van der Waals surface area (Å²) in [5, 5.41) is 19.8. The molecule has 10 heteroatoms. The van der Waals surface area contributed by atoms with Crippen molar-refractivity contribution in [2.24, 2.45) is 5.41 Å². The van der Waals surface area contributed by atoms with Gasteiger partial charge in [0.15, 0.2) is 5.12 Å². The van der Waals surface area contributed by atoms with Crippen LogP contribution in [-0.4, -0.2) is 47.2 Å². The van der Waals surface area contributed by atoms with Crippen LogP contribution in [0.5, 0.6) is 0 Å². The minimum Gasteiger partial charge on any atom is -0.566 e. The Morgan fingerprint density at radius 2 is 1.93 bits per heavy atom. The van der Waals surface area contributed by atoms with Gasteiger partial charge in [-0.25, -0.2) is 4.79 Å². The first kappa shape index (κ1) is 23.1. The fourth-order valence-corrected chi connectivity index (χ4v) is 2.89. The van der Waals surface area contributed by atoms with Gasteiger partial charge in [-0.1, -0.05) is 35.4 Å². The number of amides is 1. The molecule has 27 heavy (non-hydrogen) atoms. The fraction of sp³-hybridized carbons (Fsp3) is 0.471. The molecule has 2 atom stereocenters. The van der Waals surface area contributed by atoms with E-state index in [2.05, 4.69) is 10.2 Å². The van der Waals surface area contributed by atoms with Gasteiger partial charge in [-0.2, -0.15) is 10.0 Å². The molecule has 0 fully saturated rings. The average Bonchev–Trinajstić information content (AvgIpc) is 2.63. The number of thioether (sulfide) groups is 1. The molecule has 1 amide bonds. The van der Waals surface area contributed by atoms with E-state index in [0.29, 0.717) is 5.56 Å². The first-order chi connectivity index (χ1) is 12.7. The van der Waals surface area contributed by atoms with E-state index in [1.807, 2.05) is 0 Å². The molecule has 0 aliphatic carbocycles. The molecular formula is C17H24N2O7S. The number of hydrogen-bond donors (Lipinski definition) is 3. The quantitative estimate of drug-likeness (QED) is 0.379. The third-order valence-electron chi connectivity index (χ3n) is 3.40. The smallest absolute Gasteiger partial charge is 0.329 e. The van der Waals surface area contributed by atoms with Crippen molar-refractivity contribution < 1.29 is 34.6 Å². The standard InChI is InChI=1S/C17H24N2O7S/c1-4-25-15(21)13(18-14(20)12-8-6-5-7-9-12)10-27-16(22)17(2,3)11-26-19(23)24/h5-9,13,19,23H,4,10-11H2,1-3H3,(H,18,20)/t13-/m0/s1. The van der Waals surface area contributed by atoms with Crippen molar-refractivity contribution in [1.82, 2.24) is 5.32 Å². The number of hydrogen-bond acceptors (Lipinski definition) is 8. The van der Waals surface area contributed by atoms with E-state index in [9.17, 15) is 19.6 Å². The van der Waals surface area contributed by atoms with E-state index in [-0.39, 0.29) is 24.1 Å². The fourth-order valence-electron chi connectivity index (χ4n) is 1.90. The molecule has 0 spiro atoms. The SMILES string of the molecule is CCOC(=O)[C@H](CSC(=O)C(C)(C)CO[NH+]([O-])O)NC(=O)c1ccccc1. The van der Waals surface area contributed by atoms with Crippen LogP contribution >= 0.6 is 11.8 Å². The zero-order valence-electron chi connectivity index (χ0n) is 15.4. The maximum Gasteiger partial charge on any atom is 0.329 e. The predicted octanol–water partition coefficient (Wildman–Crippen LogP) is 0.338. The largest absolute Gasteiger partial charge is 0.566 e. The summed E-state index contributed by atoms with van der Waals surface area (Å²) in [6, 6.07) is 7.32. The van der Waals surface area contributed by atoms with Crippen molar-refractivity contribution in [1.29, 1.82) is 0 Å². The van der Waals surface area contributed by atoms with Gasteiger partial charge in [0.1, 0.15) is 12.6 Å². The van der Waals surface area contributed by atoms with Crippen LogP contribution in [0.4, 0.5) is 0 Å². The lowest BCUT2D eigenvalue weighted by molar-refractivity contribution is -1.21. The van der Waals surface area contributed by atoms with E-state index in [1.54, 1.807) is 37.3 Å². The number of carbonyl (C=O) groups is 3. The Morgan fingerprint density at radius 1 is 1.30 bits per heavy atom. The number of ether oxygens (including phenoxy) is 1. The highest BCUT2D eigenvalue weighted by Crippen LogP contribution is 2.24. The second-order valence-electron chi connectivity index (χ2n) is 6.18. The topological polar surface area (TPSA) is 129 Å². The molecule has 150 valence electrons. The van der Waals surface area contributed by atoms with E-state index in [4.69, 9.17) is 9.94 Å². The van der Waals surface area contributed by atoms with Crippen molar-refractivity contribution in [2.45, 2.75) is 26.8 Å². The normalized spacial score (nSPS) is 13.5. The first-order valence-corrected chi connectivity index (χ1v) is 9.21. The third kappa shape index (κ3) is 8.06. The van der Waals surface area contributed by atoms with Gasteiger partial charge in [0.25, 0.3) is 5.91 Å². The summed E-state index contributed by atoms with van der Waals surface area (Å²) in [4.78, 5) is 41.2. The van der Waals surface area contributed by atoms with Crippen LogP contribution in [-0.2, 0) is 19.2 Å². The van der Waals surface area contributed by atoms with Gasteiger partial charge in [-0.3, -0.25) is 9.59 Å². The molecule has 1 aromatic rings. The van der Waals surface area contributed by atoms with E-state index >= 15 is 0 Å². The van der Waals surface area contributed by atoms with Crippen LogP contribution in [0.3, 0.4) is 0 Å². The lowest BCUT2D eigenvalue weighted by Crippen LogP contribution is -3.03. The van der Waals surface area contributed by atoms with Crippen LogP contribution < -0.4 is 10.7 Å². The Bertz CT molecular complexity index is 637. The van der Waals surface area contributed by atoms with Crippen molar-refractivity contribution >= 4 is 28.8 Å². The molecule has 0 aromatic heterocycles. The highest BCUT2D eigenvalue weighted by Gasteiger charge is 2.32. The average molecular weight is 400 g/mol. The van der Waals surface area contributed by atoms with Gasteiger partial charge in [-0.05, 0) is 32.9 Å². The lowest BCUT2D eigenvalue weighted by atomic mass is 9.97. The minimum absolute atomic E-state index is 0.0489. The Hall–Kier alpha value is -1.98. The van der Waals surface area contributed by atoms with E-state index in [1.165, 1.54) is 13.8 Å². The van der Waals surface area contributed by atoms with Crippen LogP contribution in [0.25, 0.3) is 0 Å². The zero-order chi connectivity index (χ0) is 20.4. The molecule has 0 bridgehead atoms. The van der Waals surface area contributed by atoms with Crippen LogP contribution in [0, 0.1) is 10.6 Å². The molecule has 1 unspecified atom stereocenters. The van der Waals surface area contributed by atoms with Crippen LogP contribution in [0.2, 0.25) is 0 Å². The Morgan fingerprint density at radius 3 is 2.48 bits per heavy atom. The van der Waals surface area contributed by atoms with Gasteiger partial charge in [-0.15, -0.1) is 0 Å².